The van der Waals surface area contributed by atoms with E-state index < -0.39 is 30.6 Å². The van der Waals surface area contributed by atoms with Crippen molar-refractivity contribution in [1.82, 2.24) is 15.5 Å². The number of ether oxygens (including phenoxy) is 1. The fourth-order valence-corrected chi connectivity index (χ4v) is 2.92. The van der Waals surface area contributed by atoms with Crippen LogP contribution in [-0.2, 0) is 14.3 Å². The van der Waals surface area contributed by atoms with Gasteiger partial charge in [0.25, 0.3) is 11.8 Å². The molecule has 0 bridgehead atoms. The van der Waals surface area contributed by atoms with Crippen LogP contribution in [0, 0.1) is 0 Å². The minimum atomic E-state index is -0.653. The van der Waals surface area contributed by atoms with Gasteiger partial charge in [-0.15, -0.1) is 0 Å². The van der Waals surface area contributed by atoms with Gasteiger partial charge in [0.15, 0.2) is 6.61 Å². The largest absolute Gasteiger partial charge is 0.455 e. The maximum atomic E-state index is 12.5. The number of benzene rings is 2. The summed E-state index contributed by atoms with van der Waals surface area (Å²) in [6, 6.07) is 16.6. The van der Waals surface area contributed by atoms with E-state index in [1.54, 1.807) is 54.6 Å². The zero-order valence-corrected chi connectivity index (χ0v) is 15.7. The Labute approximate surface area is 167 Å². The van der Waals surface area contributed by atoms with E-state index >= 15 is 0 Å². The summed E-state index contributed by atoms with van der Waals surface area (Å²) in [6.07, 6.45) is -0.151. The predicted octanol–water partition coefficient (Wildman–Crippen LogP) is 1.64. The van der Waals surface area contributed by atoms with E-state index in [4.69, 9.17) is 4.74 Å². The zero-order chi connectivity index (χ0) is 20.6. The fourth-order valence-electron chi connectivity index (χ4n) is 2.92. The Kier molecular flexibility index (Phi) is 6.57. The van der Waals surface area contributed by atoms with Crippen LogP contribution in [0.2, 0.25) is 0 Å². The summed E-state index contributed by atoms with van der Waals surface area (Å²) >= 11 is 0. The van der Waals surface area contributed by atoms with Gasteiger partial charge in [-0.2, -0.15) is 0 Å². The molecule has 1 fully saturated rings. The number of hydrogen-bond acceptors (Lipinski definition) is 5. The third-order valence-corrected chi connectivity index (χ3v) is 4.43. The van der Waals surface area contributed by atoms with Crippen LogP contribution in [-0.4, -0.2) is 48.4 Å². The molecule has 0 saturated carbocycles. The molecular weight excluding hydrogens is 374 g/mol. The highest BCUT2D eigenvalue weighted by Crippen LogP contribution is 2.18. The van der Waals surface area contributed by atoms with Gasteiger partial charge in [0.1, 0.15) is 0 Å². The fraction of sp³-hybridized carbons (Fsp3) is 0.238. The highest BCUT2D eigenvalue weighted by atomic mass is 16.5. The molecule has 8 nitrogen and oxygen atoms in total. The number of amides is 4. The minimum absolute atomic E-state index is 0.151. The summed E-state index contributed by atoms with van der Waals surface area (Å²) < 4.78 is 5.04. The highest BCUT2D eigenvalue weighted by Gasteiger charge is 2.27. The smallest absolute Gasteiger partial charge is 0.324 e. The van der Waals surface area contributed by atoms with Gasteiger partial charge in [-0.1, -0.05) is 48.5 Å². The Hall–Kier alpha value is -3.68. The number of carbonyl (C=O) groups excluding carboxylic acids is 4. The number of imide groups is 1. The van der Waals surface area contributed by atoms with E-state index in [1.807, 2.05) is 6.07 Å². The Balaban J connectivity index is 1.62. The number of carbonyl (C=O) groups is 4. The van der Waals surface area contributed by atoms with Gasteiger partial charge in [-0.3, -0.25) is 19.3 Å². The minimum Gasteiger partial charge on any atom is -0.455 e. The van der Waals surface area contributed by atoms with Crippen LogP contribution in [0.15, 0.2) is 60.7 Å². The third-order valence-electron chi connectivity index (χ3n) is 4.43. The molecule has 0 aromatic heterocycles. The Morgan fingerprint density at radius 2 is 1.69 bits per heavy atom. The zero-order valence-electron chi connectivity index (χ0n) is 15.7. The monoisotopic (exact) mass is 395 g/mol. The molecule has 1 aliphatic rings. The van der Waals surface area contributed by atoms with Crippen molar-refractivity contribution in [2.24, 2.45) is 0 Å². The Morgan fingerprint density at radius 1 is 1.03 bits per heavy atom. The lowest BCUT2D eigenvalue weighted by Gasteiger charge is -2.19. The molecule has 0 unspecified atom stereocenters. The third kappa shape index (κ3) is 5.41. The number of urea groups is 1. The lowest BCUT2D eigenvalue weighted by atomic mass is 10.0. The van der Waals surface area contributed by atoms with Gasteiger partial charge >= 0.3 is 12.0 Å². The van der Waals surface area contributed by atoms with Crippen LogP contribution < -0.4 is 10.6 Å². The second-order valence-corrected chi connectivity index (χ2v) is 6.44. The molecule has 1 heterocycles. The quantitative estimate of drug-likeness (QED) is 0.694. The van der Waals surface area contributed by atoms with Crippen molar-refractivity contribution in [3.05, 3.63) is 71.8 Å². The maximum Gasteiger partial charge on any atom is 0.324 e. The summed E-state index contributed by atoms with van der Waals surface area (Å²) in [7, 11) is 0. The first-order valence-corrected chi connectivity index (χ1v) is 9.19. The number of rotatable bonds is 7. The van der Waals surface area contributed by atoms with Gasteiger partial charge in [0.05, 0.1) is 12.5 Å². The standard InChI is InChI=1S/C21H21N3O5/c25-18(24-12-11-22-21(24)28)14-29-19(26)13-17(15-7-3-1-4-8-15)23-20(27)16-9-5-2-6-10-16/h1-10,17H,11-14H2,(H,22,28)(H,23,27)/t17-/m1/s1. The molecule has 1 saturated heterocycles. The number of nitrogens with zero attached hydrogens (tertiary/aromatic N) is 1. The van der Waals surface area contributed by atoms with E-state index in [0.717, 1.165) is 10.5 Å². The van der Waals surface area contributed by atoms with Crippen molar-refractivity contribution in [2.75, 3.05) is 19.7 Å². The average molecular weight is 395 g/mol. The Bertz CT molecular complexity index is 886. The van der Waals surface area contributed by atoms with Crippen LogP contribution in [0.25, 0.3) is 0 Å². The summed E-state index contributed by atoms with van der Waals surface area (Å²) in [6.45, 7) is 0.0928. The first kappa shape index (κ1) is 20.1. The molecular formula is C21H21N3O5. The molecule has 0 spiro atoms. The molecule has 0 aliphatic carbocycles. The van der Waals surface area contributed by atoms with Gasteiger partial charge in [0, 0.05) is 18.7 Å². The van der Waals surface area contributed by atoms with Crippen molar-refractivity contribution in [1.29, 1.82) is 0 Å². The van der Waals surface area contributed by atoms with Gasteiger partial charge in [0.2, 0.25) is 0 Å². The van der Waals surface area contributed by atoms with Crippen molar-refractivity contribution in [3.63, 3.8) is 0 Å². The highest BCUT2D eigenvalue weighted by molar-refractivity contribution is 5.97. The molecule has 1 atom stereocenters. The molecule has 2 aromatic rings. The molecule has 3 rings (SSSR count). The van der Waals surface area contributed by atoms with Crippen LogP contribution in [0.4, 0.5) is 4.79 Å². The predicted molar refractivity (Wildman–Crippen MR) is 104 cm³/mol. The summed E-state index contributed by atoms with van der Waals surface area (Å²) in [5.41, 5.74) is 1.20. The van der Waals surface area contributed by atoms with Gasteiger partial charge < -0.3 is 15.4 Å². The SMILES string of the molecule is O=C(C[C@@H](NC(=O)c1ccccc1)c1ccccc1)OCC(=O)N1CCNC1=O. The van der Waals surface area contributed by atoms with Crippen LogP contribution in [0.3, 0.4) is 0 Å². The van der Waals surface area contributed by atoms with Crippen molar-refractivity contribution in [2.45, 2.75) is 12.5 Å². The van der Waals surface area contributed by atoms with Crippen LogP contribution in [0.1, 0.15) is 28.4 Å². The number of esters is 1. The topological polar surface area (TPSA) is 105 Å². The molecule has 29 heavy (non-hydrogen) atoms. The summed E-state index contributed by atoms with van der Waals surface area (Å²) in [5.74, 6) is -1.56. The normalized spacial score (nSPS) is 14.1. The van der Waals surface area contributed by atoms with Crippen molar-refractivity contribution in [3.8, 4) is 0 Å². The Morgan fingerprint density at radius 3 is 2.31 bits per heavy atom. The van der Waals surface area contributed by atoms with Crippen LogP contribution in [0.5, 0.6) is 0 Å². The first-order valence-electron chi connectivity index (χ1n) is 9.19. The van der Waals surface area contributed by atoms with E-state index in [2.05, 4.69) is 10.6 Å². The van der Waals surface area contributed by atoms with Crippen molar-refractivity contribution < 1.29 is 23.9 Å². The van der Waals surface area contributed by atoms with Gasteiger partial charge in [-0.25, -0.2) is 4.79 Å². The second-order valence-electron chi connectivity index (χ2n) is 6.44. The number of nitrogens with one attached hydrogen (secondary N) is 2. The van der Waals surface area contributed by atoms with Crippen molar-refractivity contribution >= 4 is 23.8 Å². The van der Waals surface area contributed by atoms with E-state index in [-0.39, 0.29) is 18.9 Å². The summed E-state index contributed by atoms with van der Waals surface area (Å²) in [5, 5.41) is 5.34. The molecule has 2 aromatic carbocycles. The molecule has 2 N–H and O–H groups in total. The summed E-state index contributed by atoms with van der Waals surface area (Å²) in [4.78, 5) is 49.3. The second kappa shape index (κ2) is 9.50. The molecule has 8 heteroatoms. The molecule has 1 aliphatic heterocycles. The lowest BCUT2D eigenvalue weighted by molar-refractivity contribution is -0.151. The molecule has 150 valence electrons. The van der Waals surface area contributed by atoms with Crippen LogP contribution >= 0.6 is 0 Å². The van der Waals surface area contributed by atoms with Gasteiger partial charge in [-0.05, 0) is 17.7 Å². The maximum absolute atomic E-state index is 12.5. The van der Waals surface area contributed by atoms with E-state index in [1.165, 1.54) is 0 Å². The number of hydrogen-bond donors (Lipinski definition) is 2. The lowest BCUT2D eigenvalue weighted by Crippen LogP contribution is -2.37. The molecule has 4 amide bonds. The van der Waals surface area contributed by atoms with E-state index in [9.17, 15) is 19.2 Å². The molecule has 0 radical (unpaired) electrons. The average Bonchev–Trinajstić information content (AvgIpc) is 3.18. The van der Waals surface area contributed by atoms with E-state index in [0.29, 0.717) is 12.1 Å². The first-order chi connectivity index (χ1) is 14.0.